The van der Waals surface area contributed by atoms with Gasteiger partial charge in [0.1, 0.15) is 17.4 Å². The van der Waals surface area contributed by atoms with E-state index < -0.39 is 28.7 Å². The average molecular weight is 301 g/mol. The normalized spacial score (nSPS) is 21.6. The van der Waals surface area contributed by atoms with Crippen molar-refractivity contribution in [2.75, 3.05) is 6.61 Å². The van der Waals surface area contributed by atoms with Crippen LogP contribution in [0.25, 0.3) is 0 Å². The van der Waals surface area contributed by atoms with E-state index in [1.54, 1.807) is 0 Å². The fourth-order valence-corrected chi connectivity index (χ4v) is 2.53. The second-order valence-corrected chi connectivity index (χ2v) is 5.01. The Morgan fingerprint density at radius 2 is 1.90 bits per heavy atom. The molecule has 1 unspecified atom stereocenters. The molecule has 1 aromatic carbocycles. The van der Waals surface area contributed by atoms with Crippen LogP contribution in [-0.2, 0) is 16.3 Å². The first kappa shape index (κ1) is 14.1. The predicted molar refractivity (Wildman–Crippen MR) is 63.9 cm³/mol. The van der Waals surface area contributed by atoms with E-state index in [2.05, 4.69) is 5.16 Å². The summed E-state index contributed by atoms with van der Waals surface area (Å²) in [4.78, 5) is 0. The molecule has 1 aliphatic rings. The van der Waals surface area contributed by atoms with Gasteiger partial charge in [0.2, 0.25) is 0 Å². The number of nitrogens with zero attached hydrogens (tertiary/aromatic N) is 1. The first-order valence-corrected chi connectivity index (χ1v) is 6.20. The number of rotatable bonds is 3. The van der Waals surface area contributed by atoms with Crippen molar-refractivity contribution in [3.8, 4) is 0 Å². The lowest BCUT2D eigenvalue weighted by atomic mass is 9.87. The summed E-state index contributed by atoms with van der Waals surface area (Å²) in [5, 5.41) is 3.49. The zero-order chi connectivity index (χ0) is 15.4. The average Bonchev–Trinajstić information content (AvgIpc) is 3.11. The topological polar surface area (TPSA) is 38.6 Å². The van der Waals surface area contributed by atoms with Crippen LogP contribution >= 0.6 is 0 Å². The third-order valence-electron chi connectivity index (χ3n) is 3.65. The Balaban J connectivity index is 2.14. The molecule has 21 heavy (non-hydrogen) atoms. The number of hydrogen-bond donors (Lipinski definition) is 0. The van der Waals surface area contributed by atoms with E-state index in [9.17, 15) is 17.6 Å². The molecule has 3 nitrogen and oxygen atoms in total. The number of ether oxygens (including phenoxy) is 1. The van der Waals surface area contributed by atoms with Gasteiger partial charge in [-0.15, -0.1) is 0 Å². The molecule has 7 heteroatoms. The Hall–Kier alpha value is -1.89. The van der Waals surface area contributed by atoms with E-state index in [0.29, 0.717) is 6.07 Å². The van der Waals surface area contributed by atoms with Gasteiger partial charge in [-0.25, -0.2) is 8.78 Å². The number of halogens is 4. The third kappa shape index (κ3) is 1.87. The summed E-state index contributed by atoms with van der Waals surface area (Å²) in [6.45, 7) is 2.35. The molecule has 2 heterocycles. The molecule has 0 aliphatic carbocycles. The molecule has 1 fully saturated rings. The smallest absolute Gasteiger partial charge is 0.313 e. The predicted octanol–water partition coefficient (Wildman–Crippen LogP) is 3.59. The minimum Gasteiger partial charge on any atom is -0.361 e. The van der Waals surface area contributed by atoms with Crippen LogP contribution in [0, 0.1) is 25.5 Å². The summed E-state index contributed by atoms with van der Waals surface area (Å²) in [6, 6.07) is 2.46. The van der Waals surface area contributed by atoms with Crippen LogP contribution in [0.1, 0.15) is 22.6 Å². The highest BCUT2D eigenvalue weighted by Crippen LogP contribution is 2.57. The maximum Gasteiger partial charge on any atom is 0.313 e. The molecule has 1 aromatic heterocycles. The molecule has 2 aromatic rings. The number of epoxide rings is 1. The minimum atomic E-state index is -3.54. The molecule has 0 amide bonds. The second kappa shape index (κ2) is 4.30. The monoisotopic (exact) mass is 301 g/mol. The zero-order valence-electron chi connectivity index (χ0n) is 11.2. The molecule has 0 saturated carbocycles. The molecule has 0 bridgehead atoms. The summed E-state index contributed by atoms with van der Waals surface area (Å²) in [5.41, 5.74) is -2.95. The molecule has 112 valence electrons. The summed E-state index contributed by atoms with van der Waals surface area (Å²) < 4.78 is 66.2. The summed E-state index contributed by atoms with van der Waals surface area (Å²) in [6.07, 6.45) is 0. The number of benzene rings is 1. The van der Waals surface area contributed by atoms with Gasteiger partial charge < -0.3 is 9.26 Å². The van der Waals surface area contributed by atoms with Gasteiger partial charge in [-0.1, -0.05) is 5.16 Å². The van der Waals surface area contributed by atoms with Gasteiger partial charge in [0, 0.05) is 11.6 Å². The number of hydrogen-bond acceptors (Lipinski definition) is 3. The van der Waals surface area contributed by atoms with Crippen molar-refractivity contribution in [2.45, 2.75) is 25.4 Å². The fourth-order valence-electron chi connectivity index (χ4n) is 2.53. The molecule has 1 atom stereocenters. The van der Waals surface area contributed by atoms with E-state index in [-0.39, 0.29) is 23.6 Å². The van der Waals surface area contributed by atoms with E-state index in [4.69, 9.17) is 9.26 Å². The quantitative estimate of drug-likeness (QED) is 0.642. The van der Waals surface area contributed by atoms with Gasteiger partial charge in [-0.2, -0.15) is 8.78 Å². The van der Waals surface area contributed by atoms with E-state index in [1.807, 2.05) is 0 Å². The highest BCUT2D eigenvalue weighted by molar-refractivity contribution is 5.39. The highest BCUT2D eigenvalue weighted by atomic mass is 19.3. The van der Waals surface area contributed by atoms with Crippen molar-refractivity contribution >= 4 is 0 Å². The Morgan fingerprint density at radius 3 is 2.38 bits per heavy atom. The van der Waals surface area contributed by atoms with E-state index in [0.717, 1.165) is 12.1 Å². The molecular formula is C14H11F4NO2. The standard InChI is InChI=1S/C14H11F4NO2/c1-7-12(8(2)21-19-7)14(17,18)13(6-20-13)10-4-3-9(15)5-11(10)16/h3-5H,6H2,1-2H3. The first-order valence-electron chi connectivity index (χ1n) is 6.20. The highest BCUT2D eigenvalue weighted by Gasteiger charge is 2.68. The second-order valence-electron chi connectivity index (χ2n) is 5.01. The molecule has 0 radical (unpaired) electrons. The van der Waals surface area contributed by atoms with E-state index in [1.165, 1.54) is 13.8 Å². The minimum absolute atomic E-state index is 0.00916. The molecule has 1 aliphatic heterocycles. The van der Waals surface area contributed by atoms with Gasteiger partial charge in [-0.3, -0.25) is 0 Å². The van der Waals surface area contributed by atoms with Crippen molar-refractivity contribution < 1.29 is 26.8 Å². The maximum atomic E-state index is 14.8. The molecule has 0 spiro atoms. The van der Waals surface area contributed by atoms with E-state index >= 15 is 0 Å². The van der Waals surface area contributed by atoms with Crippen molar-refractivity contribution in [1.82, 2.24) is 5.16 Å². The SMILES string of the molecule is Cc1noc(C)c1C(F)(F)C1(c2ccc(F)cc2F)CO1. The molecular weight excluding hydrogens is 290 g/mol. The molecule has 1 saturated heterocycles. The van der Waals surface area contributed by atoms with Gasteiger partial charge in [0.25, 0.3) is 0 Å². The number of alkyl halides is 2. The van der Waals surface area contributed by atoms with Crippen molar-refractivity contribution in [3.63, 3.8) is 0 Å². The lowest BCUT2D eigenvalue weighted by Crippen LogP contribution is -2.34. The van der Waals surface area contributed by atoms with Crippen LogP contribution in [0.4, 0.5) is 17.6 Å². The number of aromatic nitrogens is 1. The Bertz CT molecular complexity index is 687. The van der Waals surface area contributed by atoms with Gasteiger partial charge >= 0.3 is 5.92 Å². The zero-order valence-corrected chi connectivity index (χ0v) is 11.2. The van der Waals surface area contributed by atoms with Crippen LogP contribution < -0.4 is 0 Å². The first-order chi connectivity index (χ1) is 9.79. The lowest BCUT2D eigenvalue weighted by molar-refractivity contribution is -0.0880. The lowest BCUT2D eigenvalue weighted by Gasteiger charge is -2.24. The van der Waals surface area contributed by atoms with Crippen molar-refractivity contribution in [1.29, 1.82) is 0 Å². The third-order valence-corrected chi connectivity index (χ3v) is 3.65. The van der Waals surface area contributed by atoms with Gasteiger partial charge in [0.05, 0.1) is 17.9 Å². The Labute approximate surface area is 117 Å². The summed E-state index contributed by atoms with van der Waals surface area (Å²) in [5.74, 6) is -5.51. The van der Waals surface area contributed by atoms with Crippen LogP contribution in [0.2, 0.25) is 0 Å². The van der Waals surface area contributed by atoms with Crippen LogP contribution in [0.5, 0.6) is 0 Å². The largest absolute Gasteiger partial charge is 0.361 e. The van der Waals surface area contributed by atoms with Crippen LogP contribution in [0.15, 0.2) is 22.7 Å². The summed E-state index contributed by atoms with van der Waals surface area (Å²) >= 11 is 0. The fraction of sp³-hybridized carbons (Fsp3) is 0.357. The Morgan fingerprint density at radius 1 is 1.24 bits per heavy atom. The van der Waals surface area contributed by atoms with Crippen LogP contribution in [-0.4, -0.2) is 11.8 Å². The summed E-state index contributed by atoms with van der Waals surface area (Å²) in [7, 11) is 0. The van der Waals surface area contributed by atoms with Crippen LogP contribution in [0.3, 0.4) is 0 Å². The molecule has 0 N–H and O–H groups in total. The van der Waals surface area contributed by atoms with Gasteiger partial charge in [-0.05, 0) is 26.0 Å². The number of aryl methyl sites for hydroxylation is 2. The maximum absolute atomic E-state index is 14.8. The molecule has 3 rings (SSSR count). The Kier molecular flexibility index (Phi) is 2.88. The van der Waals surface area contributed by atoms with Gasteiger partial charge in [0.15, 0.2) is 5.60 Å². The van der Waals surface area contributed by atoms with Crippen molar-refractivity contribution in [3.05, 3.63) is 52.4 Å². The van der Waals surface area contributed by atoms with Crippen molar-refractivity contribution in [2.24, 2.45) is 0 Å².